The molecular formula is C16H8F3NO6. The molecular weight excluding hydrogens is 359 g/mol. The summed E-state index contributed by atoms with van der Waals surface area (Å²) in [6, 6.07) is 5.29. The van der Waals surface area contributed by atoms with Crippen LogP contribution in [0.4, 0.5) is 18.9 Å². The molecule has 2 aliphatic rings. The molecule has 0 fully saturated rings. The summed E-state index contributed by atoms with van der Waals surface area (Å²) >= 11 is 0. The quantitative estimate of drug-likeness (QED) is 0.591. The summed E-state index contributed by atoms with van der Waals surface area (Å²) < 4.78 is 43.8. The van der Waals surface area contributed by atoms with Gasteiger partial charge in [0.25, 0.3) is 11.5 Å². The summed E-state index contributed by atoms with van der Waals surface area (Å²) in [5.41, 5.74) is -5.95. The van der Waals surface area contributed by atoms with Crippen LogP contribution in [0.5, 0.6) is 5.75 Å². The Morgan fingerprint density at radius 2 is 1.85 bits per heavy atom. The van der Waals surface area contributed by atoms with E-state index in [1.54, 1.807) is 0 Å². The van der Waals surface area contributed by atoms with Gasteiger partial charge in [-0.05, 0) is 12.1 Å². The lowest BCUT2D eigenvalue weighted by molar-refractivity contribution is -0.388. The third-order valence-corrected chi connectivity index (χ3v) is 4.60. The van der Waals surface area contributed by atoms with Crippen LogP contribution in [0.1, 0.15) is 27.0 Å². The van der Waals surface area contributed by atoms with Gasteiger partial charge in [0.15, 0.2) is 0 Å². The number of nitro benzene ring substituents is 1. The topological polar surface area (TPSA) is 110 Å². The number of rotatable bonds is 1. The Morgan fingerprint density at radius 3 is 2.46 bits per heavy atom. The monoisotopic (exact) mass is 367 g/mol. The molecule has 0 aromatic heterocycles. The van der Waals surface area contributed by atoms with E-state index in [2.05, 4.69) is 0 Å². The van der Waals surface area contributed by atoms with E-state index >= 15 is 0 Å². The first kappa shape index (κ1) is 16.5. The van der Waals surface area contributed by atoms with Crippen molar-refractivity contribution in [1.29, 1.82) is 0 Å². The Bertz CT molecular complexity index is 1000. The van der Waals surface area contributed by atoms with E-state index in [0.29, 0.717) is 12.1 Å². The van der Waals surface area contributed by atoms with E-state index < -0.39 is 56.4 Å². The van der Waals surface area contributed by atoms with E-state index in [-0.39, 0.29) is 5.56 Å². The van der Waals surface area contributed by atoms with Crippen LogP contribution in [0.2, 0.25) is 0 Å². The molecule has 7 nitrogen and oxygen atoms in total. The highest BCUT2D eigenvalue weighted by molar-refractivity contribution is 6.10. The second-order valence-corrected chi connectivity index (χ2v) is 5.95. The second-order valence-electron chi connectivity index (χ2n) is 5.95. The molecule has 2 unspecified atom stereocenters. The first-order valence-electron chi connectivity index (χ1n) is 7.20. The van der Waals surface area contributed by atoms with Crippen LogP contribution in [-0.2, 0) is 17.6 Å². The molecule has 1 aliphatic heterocycles. The van der Waals surface area contributed by atoms with Gasteiger partial charge < -0.3 is 14.9 Å². The first-order valence-corrected chi connectivity index (χ1v) is 7.20. The van der Waals surface area contributed by atoms with Gasteiger partial charge in [0, 0.05) is 17.2 Å². The van der Waals surface area contributed by atoms with Gasteiger partial charge in [0.1, 0.15) is 11.3 Å². The highest BCUT2D eigenvalue weighted by Gasteiger charge is 2.72. The number of carbonyl (C=O) groups is 1. The summed E-state index contributed by atoms with van der Waals surface area (Å²) in [5.74, 6) is -4.59. The van der Waals surface area contributed by atoms with Gasteiger partial charge in [-0.25, -0.2) is 0 Å². The van der Waals surface area contributed by atoms with Gasteiger partial charge in [-0.1, -0.05) is 18.2 Å². The fourth-order valence-electron chi connectivity index (χ4n) is 3.44. The number of hydrogen-bond acceptors (Lipinski definition) is 6. The minimum Gasteiger partial charge on any atom is -0.453 e. The number of hydrogen-bond donors (Lipinski definition) is 2. The van der Waals surface area contributed by atoms with E-state index in [0.717, 1.165) is 18.2 Å². The minimum atomic E-state index is -4.73. The third kappa shape index (κ3) is 1.72. The molecule has 134 valence electrons. The summed E-state index contributed by atoms with van der Waals surface area (Å²) in [6.07, 6.45) is -4.73. The van der Waals surface area contributed by atoms with Crippen molar-refractivity contribution in [3.63, 3.8) is 0 Å². The molecule has 0 radical (unpaired) electrons. The van der Waals surface area contributed by atoms with E-state index in [1.165, 1.54) is 6.07 Å². The molecule has 2 aromatic rings. The molecule has 1 heterocycles. The van der Waals surface area contributed by atoms with Crippen molar-refractivity contribution in [1.82, 2.24) is 0 Å². The van der Waals surface area contributed by atoms with Crippen LogP contribution >= 0.6 is 0 Å². The number of fused-ring (bicyclic) bond motifs is 5. The number of ketones is 1. The fourth-order valence-corrected chi connectivity index (χ4v) is 3.44. The van der Waals surface area contributed by atoms with Crippen LogP contribution < -0.4 is 4.74 Å². The Morgan fingerprint density at radius 1 is 1.15 bits per heavy atom. The summed E-state index contributed by atoms with van der Waals surface area (Å²) in [5, 5.41) is 33.0. The molecule has 0 saturated heterocycles. The predicted octanol–water partition coefficient (Wildman–Crippen LogP) is 2.24. The summed E-state index contributed by atoms with van der Waals surface area (Å²) in [6.45, 7) is 0. The zero-order chi connectivity index (χ0) is 19.1. The molecule has 0 spiro atoms. The maximum Gasteiger partial charge on any atom is 0.416 e. The van der Waals surface area contributed by atoms with Gasteiger partial charge in [0.05, 0.1) is 10.5 Å². The van der Waals surface area contributed by atoms with Gasteiger partial charge >= 0.3 is 6.18 Å². The number of halogens is 3. The summed E-state index contributed by atoms with van der Waals surface area (Å²) in [4.78, 5) is 23.1. The van der Waals surface area contributed by atoms with Gasteiger partial charge in [-0.15, -0.1) is 0 Å². The normalized spacial score (nSPS) is 26.1. The standard InChI is InChI=1S/C16H8F3NO6/c17-16(18,19)7-4-5-9-11(6-7)26-15(23)12-8(13(21)14(9,15)22)2-1-3-10(12)20(24)25/h1-6,22-23H. The lowest BCUT2D eigenvalue weighted by Gasteiger charge is -2.28. The van der Waals surface area contributed by atoms with E-state index in [9.17, 15) is 38.3 Å². The second kappa shape index (κ2) is 4.59. The number of aliphatic hydroxyl groups is 2. The number of nitro groups is 1. The molecule has 0 saturated carbocycles. The van der Waals surface area contributed by atoms with Crippen molar-refractivity contribution in [2.24, 2.45) is 0 Å². The molecule has 2 aromatic carbocycles. The highest BCUT2D eigenvalue weighted by Crippen LogP contribution is 2.60. The van der Waals surface area contributed by atoms with Crippen LogP contribution in [-0.4, -0.2) is 20.9 Å². The fraction of sp³-hybridized carbons (Fsp3) is 0.188. The van der Waals surface area contributed by atoms with Crippen molar-refractivity contribution in [2.45, 2.75) is 17.6 Å². The largest absolute Gasteiger partial charge is 0.453 e. The maximum atomic E-state index is 12.9. The number of nitrogens with zero attached hydrogens (tertiary/aromatic N) is 1. The van der Waals surface area contributed by atoms with Crippen molar-refractivity contribution < 1.29 is 37.8 Å². The highest BCUT2D eigenvalue weighted by atomic mass is 19.4. The summed E-state index contributed by atoms with van der Waals surface area (Å²) in [7, 11) is 0. The lowest BCUT2D eigenvalue weighted by atomic mass is 9.86. The molecule has 26 heavy (non-hydrogen) atoms. The van der Waals surface area contributed by atoms with Crippen molar-refractivity contribution >= 4 is 11.5 Å². The van der Waals surface area contributed by atoms with Gasteiger partial charge in [-0.3, -0.25) is 14.9 Å². The Hall–Kier alpha value is -2.98. The molecule has 4 rings (SSSR count). The molecule has 10 heteroatoms. The van der Waals surface area contributed by atoms with E-state index in [4.69, 9.17) is 4.74 Å². The average Bonchev–Trinajstić information content (AvgIpc) is 2.90. The van der Waals surface area contributed by atoms with Crippen LogP contribution in [0.3, 0.4) is 0 Å². The molecule has 0 amide bonds. The van der Waals surface area contributed by atoms with Crippen molar-refractivity contribution in [3.8, 4) is 5.75 Å². The zero-order valence-electron chi connectivity index (χ0n) is 12.6. The molecule has 0 bridgehead atoms. The Labute approximate surface area is 142 Å². The van der Waals surface area contributed by atoms with Gasteiger partial charge in [-0.2, -0.15) is 13.2 Å². The van der Waals surface area contributed by atoms with Crippen LogP contribution in [0, 0.1) is 10.1 Å². The maximum absolute atomic E-state index is 12.9. The third-order valence-electron chi connectivity index (χ3n) is 4.60. The Kier molecular flexibility index (Phi) is 2.91. The SMILES string of the molecule is O=C1c2cccc([N+](=O)[O-])c2C2(O)Oc3cc(C(F)(F)F)ccc3C12O. The lowest BCUT2D eigenvalue weighted by Crippen LogP contribution is -2.48. The number of benzene rings is 2. The number of alkyl halides is 3. The first-order chi connectivity index (χ1) is 12.0. The molecule has 2 atom stereocenters. The zero-order valence-corrected chi connectivity index (χ0v) is 12.6. The van der Waals surface area contributed by atoms with E-state index in [1.807, 2.05) is 0 Å². The average molecular weight is 367 g/mol. The molecule has 2 N–H and O–H groups in total. The van der Waals surface area contributed by atoms with Crippen molar-refractivity contribution in [3.05, 3.63) is 68.8 Å². The molecule has 1 aliphatic carbocycles. The smallest absolute Gasteiger partial charge is 0.416 e. The van der Waals surface area contributed by atoms with Crippen LogP contribution in [0.25, 0.3) is 0 Å². The number of carbonyl (C=O) groups excluding carboxylic acids is 1. The number of ether oxygens (including phenoxy) is 1. The number of Topliss-reactive ketones (excluding diaryl/α,β-unsaturated/α-hetero) is 1. The predicted molar refractivity (Wildman–Crippen MR) is 77.3 cm³/mol. The van der Waals surface area contributed by atoms with Gasteiger partial charge in [0.2, 0.25) is 11.4 Å². The Balaban J connectivity index is 1.99. The minimum absolute atomic E-state index is 0.338. The van der Waals surface area contributed by atoms with Crippen LogP contribution in [0.15, 0.2) is 36.4 Å². The van der Waals surface area contributed by atoms with Crippen molar-refractivity contribution in [2.75, 3.05) is 0 Å².